The normalized spacial score (nSPS) is 11.2. The Morgan fingerprint density at radius 2 is 2.15 bits per heavy atom. The number of nitrogens with one attached hydrogen (secondary N) is 1. The number of halogens is 1. The number of para-hydroxylation sites is 2. The topological polar surface area (TPSA) is 77.6 Å². The number of carbonyl (C=O) groups excluding carboxylic acids is 1. The maximum atomic E-state index is 12.4. The van der Waals surface area contributed by atoms with Crippen LogP contribution in [0, 0.1) is 6.92 Å². The predicted molar refractivity (Wildman–Crippen MR) is 106 cm³/mol. The maximum absolute atomic E-state index is 12.4. The van der Waals surface area contributed by atoms with Gasteiger partial charge < -0.3 is 5.32 Å². The van der Waals surface area contributed by atoms with Crippen LogP contribution in [0.1, 0.15) is 31.0 Å². The molecule has 1 N–H and O–H groups in total. The summed E-state index contributed by atoms with van der Waals surface area (Å²) in [4.78, 5) is 16.3. The van der Waals surface area contributed by atoms with Crippen molar-refractivity contribution in [2.24, 2.45) is 0 Å². The molecule has 0 bridgehead atoms. The van der Waals surface area contributed by atoms with Crippen molar-refractivity contribution in [1.82, 2.24) is 24.5 Å². The molecule has 2 aromatic heterocycles. The molecule has 0 atom stereocenters. The molecule has 0 fully saturated rings. The number of amides is 1. The van der Waals surface area contributed by atoms with Gasteiger partial charge in [0.1, 0.15) is 17.8 Å². The number of nitrogens with zero attached hydrogens (tertiary/aromatic N) is 5. The fraction of sp³-hybridized carbons (Fsp3) is 0.263. The molecular weight excluding hydrogens is 364 g/mol. The summed E-state index contributed by atoms with van der Waals surface area (Å²) in [6.45, 7) is 4.76. The van der Waals surface area contributed by atoms with Crippen molar-refractivity contribution in [2.75, 3.05) is 5.32 Å². The van der Waals surface area contributed by atoms with Gasteiger partial charge in [0.15, 0.2) is 0 Å². The molecule has 0 radical (unpaired) electrons. The van der Waals surface area contributed by atoms with E-state index in [4.69, 9.17) is 11.6 Å². The average Bonchev–Trinajstić information content (AvgIpc) is 3.28. The van der Waals surface area contributed by atoms with Crippen LogP contribution in [0.4, 0.5) is 5.69 Å². The van der Waals surface area contributed by atoms with Crippen LogP contribution in [0.25, 0.3) is 11.8 Å². The van der Waals surface area contributed by atoms with Gasteiger partial charge in [0.05, 0.1) is 17.1 Å². The molecule has 7 nitrogen and oxygen atoms in total. The Kier molecular flexibility index (Phi) is 6.03. The van der Waals surface area contributed by atoms with Gasteiger partial charge in [0.2, 0.25) is 5.91 Å². The van der Waals surface area contributed by atoms with Crippen molar-refractivity contribution in [3.8, 4) is 5.69 Å². The number of carbonyl (C=O) groups is 1. The molecule has 0 saturated heterocycles. The SMILES string of the molecule is CCCCn1nc(C)c(C=CC(=O)Nc2ccccc2-n2cncn2)c1Cl. The fourth-order valence-corrected chi connectivity index (χ4v) is 2.98. The van der Waals surface area contributed by atoms with E-state index in [-0.39, 0.29) is 5.91 Å². The zero-order valence-corrected chi connectivity index (χ0v) is 16.0. The van der Waals surface area contributed by atoms with Crippen molar-refractivity contribution in [1.29, 1.82) is 0 Å². The van der Waals surface area contributed by atoms with E-state index < -0.39 is 0 Å². The highest BCUT2D eigenvalue weighted by molar-refractivity contribution is 6.31. The first-order valence-electron chi connectivity index (χ1n) is 8.76. The van der Waals surface area contributed by atoms with Gasteiger partial charge in [-0.1, -0.05) is 37.1 Å². The van der Waals surface area contributed by atoms with Crippen LogP contribution in [0.2, 0.25) is 5.15 Å². The maximum Gasteiger partial charge on any atom is 0.248 e. The van der Waals surface area contributed by atoms with E-state index in [9.17, 15) is 4.79 Å². The van der Waals surface area contributed by atoms with E-state index in [1.807, 2.05) is 31.2 Å². The Labute approximate surface area is 162 Å². The van der Waals surface area contributed by atoms with Gasteiger partial charge in [0.25, 0.3) is 0 Å². The molecule has 2 heterocycles. The van der Waals surface area contributed by atoms with E-state index >= 15 is 0 Å². The second-order valence-electron chi connectivity index (χ2n) is 6.05. The zero-order chi connectivity index (χ0) is 19.2. The molecule has 3 aromatic rings. The van der Waals surface area contributed by atoms with Gasteiger partial charge in [-0.05, 0) is 31.6 Å². The summed E-state index contributed by atoms with van der Waals surface area (Å²) in [5, 5.41) is 12.0. The van der Waals surface area contributed by atoms with E-state index in [0.29, 0.717) is 10.8 Å². The van der Waals surface area contributed by atoms with Crippen molar-refractivity contribution in [3.05, 3.63) is 59.4 Å². The molecule has 0 aliphatic rings. The number of aryl methyl sites for hydroxylation is 2. The second-order valence-corrected chi connectivity index (χ2v) is 6.40. The molecule has 8 heteroatoms. The molecule has 0 aliphatic heterocycles. The third-order valence-electron chi connectivity index (χ3n) is 4.06. The van der Waals surface area contributed by atoms with Gasteiger partial charge in [-0.3, -0.25) is 9.48 Å². The standard InChI is InChI=1S/C19H21ClN6O/c1-3-4-11-25-19(20)15(14(2)24-25)9-10-18(27)23-16-7-5-6-8-17(16)26-13-21-12-22-26/h5-10,12-13H,3-4,11H2,1-2H3,(H,23,27). The van der Waals surface area contributed by atoms with Crippen molar-refractivity contribution < 1.29 is 4.79 Å². The third kappa shape index (κ3) is 4.43. The minimum absolute atomic E-state index is 0.264. The first-order valence-corrected chi connectivity index (χ1v) is 9.14. The number of rotatable bonds is 7. The van der Waals surface area contributed by atoms with Crippen LogP contribution in [0.15, 0.2) is 43.0 Å². The summed E-state index contributed by atoms with van der Waals surface area (Å²) < 4.78 is 3.37. The molecule has 27 heavy (non-hydrogen) atoms. The van der Waals surface area contributed by atoms with Crippen molar-refractivity contribution in [3.63, 3.8) is 0 Å². The predicted octanol–water partition coefficient (Wildman–Crippen LogP) is 3.88. The highest BCUT2D eigenvalue weighted by atomic mass is 35.5. The number of benzene rings is 1. The van der Waals surface area contributed by atoms with E-state index in [1.165, 1.54) is 12.4 Å². The molecule has 1 aromatic carbocycles. The Morgan fingerprint density at radius 1 is 1.33 bits per heavy atom. The lowest BCUT2D eigenvalue weighted by Gasteiger charge is -2.08. The van der Waals surface area contributed by atoms with Crippen LogP contribution in [0.5, 0.6) is 0 Å². The summed E-state index contributed by atoms with van der Waals surface area (Å²) >= 11 is 6.40. The fourth-order valence-electron chi connectivity index (χ4n) is 2.66. The van der Waals surface area contributed by atoms with E-state index in [2.05, 4.69) is 27.4 Å². The number of aromatic nitrogens is 5. The van der Waals surface area contributed by atoms with Crippen LogP contribution in [-0.4, -0.2) is 30.5 Å². The summed E-state index contributed by atoms with van der Waals surface area (Å²) in [6.07, 6.45) is 8.24. The molecule has 0 spiro atoms. The van der Waals surface area contributed by atoms with Crippen LogP contribution < -0.4 is 5.32 Å². The molecule has 140 valence electrons. The van der Waals surface area contributed by atoms with E-state index in [1.54, 1.807) is 21.8 Å². The lowest BCUT2D eigenvalue weighted by Crippen LogP contribution is -2.10. The Hall–Kier alpha value is -2.93. The summed E-state index contributed by atoms with van der Waals surface area (Å²) in [6, 6.07) is 7.38. The Bertz CT molecular complexity index is 945. The highest BCUT2D eigenvalue weighted by Crippen LogP contribution is 2.22. The number of hydrogen-bond acceptors (Lipinski definition) is 4. The minimum atomic E-state index is -0.264. The summed E-state index contributed by atoms with van der Waals surface area (Å²) in [7, 11) is 0. The third-order valence-corrected chi connectivity index (χ3v) is 4.46. The lowest BCUT2D eigenvalue weighted by molar-refractivity contribution is -0.111. The van der Waals surface area contributed by atoms with E-state index in [0.717, 1.165) is 36.3 Å². The number of anilines is 1. The Morgan fingerprint density at radius 3 is 2.89 bits per heavy atom. The summed E-state index contributed by atoms with van der Waals surface area (Å²) in [5.74, 6) is -0.264. The second kappa shape index (κ2) is 8.64. The van der Waals surface area contributed by atoms with Crippen molar-refractivity contribution >= 4 is 29.3 Å². The first kappa shape index (κ1) is 18.8. The van der Waals surface area contributed by atoms with Gasteiger partial charge in [-0.2, -0.15) is 10.2 Å². The lowest BCUT2D eigenvalue weighted by atomic mass is 10.2. The smallest absolute Gasteiger partial charge is 0.248 e. The highest BCUT2D eigenvalue weighted by Gasteiger charge is 2.11. The Balaban J connectivity index is 1.75. The average molecular weight is 385 g/mol. The van der Waals surface area contributed by atoms with Crippen molar-refractivity contribution in [2.45, 2.75) is 33.2 Å². The van der Waals surface area contributed by atoms with Crippen LogP contribution >= 0.6 is 11.6 Å². The van der Waals surface area contributed by atoms with Gasteiger partial charge in [0, 0.05) is 18.2 Å². The van der Waals surface area contributed by atoms with Gasteiger partial charge in [-0.25, -0.2) is 9.67 Å². The quantitative estimate of drug-likeness (QED) is 0.627. The van der Waals surface area contributed by atoms with Gasteiger partial charge in [-0.15, -0.1) is 0 Å². The largest absolute Gasteiger partial charge is 0.321 e. The molecule has 3 rings (SSSR count). The summed E-state index contributed by atoms with van der Waals surface area (Å²) in [5.41, 5.74) is 2.92. The molecule has 0 aliphatic carbocycles. The molecular formula is C19H21ClN6O. The first-order chi connectivity index (χ1) is 13.1. The van der Waals surface area contributed by atoms with Gasteiger partial charge >= 0.3 is 0 Å². The zero-order valence-electron chi connectivity index (χ0n) is 15.3. The molecule has 1 amide bonds. The molecule has 0 unspecified atom stereocenters. The minimum Gasteiger partial charge on any atom is -0.321 e. The van der Waals surface area contributed by atoms with Crippen LogP contribution in [0.3, 0.4) is 0 Å². The molecule has 0 saturated carbocycles. The number of unbranched alkanes of at least 4 members (excludes halogenated alkanes) is 1. The van der Waals surface area contributed by atoms with Crippen LogP contribution in [-0.2, 0) is 11.3 Å². The number of hydrogen-bond donors (Lipinski definition) is 1. The monoisotopic (exact) mass is 384 g/mol.